The van der Waals surface area contributed by atoms with Crippen molar-refractivity contribution in [3.8, 4) is 0 Å². The molecule has 0 radical (unpaired) electrons. The maximum Gasteiger partial charge on any atom is 1.00 e. The number of rotatable bonds is 6. The second kappa shape index (κ2) is 16.4. The molecule has 44 heavy (non-hydrogen) atoms. The van der Waals surface area contributed by atoms with E-state index in [0.29, 0.717) is 24.8 Å². The van der Waals surface area contributed by atoms with Gasteiger partial charge >= 0.3 is 101 Å². The summed E-state index contributed by atoms with van der Waals surface area (Å²) in [6.07, 6.45) is 4.32. The Balaban J connectivity index is 0.00000214. The maximum absolute atomic E-state index is 17.4. The number of aliphatic hydroxyl groups excluding tert-OH is 1. The van der Waals surface area contributed by atoms with Gasteiger partial charge in [-0.05, 0) is 50.7 Å². The predicted octanol–water partition coefficient (Wildman–Crippen LogP) is -8.00. The number of aliphatic hydroxyl groups is 1. The normalized spacial score (nSPS) is 36.6. The van der Waals surface area contributed by atoms with Crippen LogP contribution in [0.25, 0.3) is 0 Å². The molecule has 0 bridgehead atoms. The fourth-order valence-corrected chi connectivity index (χ4v) is 8.01. The number of alkyl halides is 1. The molecule has 0 aliphatic heterocycles. The Morgan fingerprint density at radius 1 is 1.07 bits per heavy atom. The molecule has 230 valence electrons. The molecular formula is C28H37FNa3O11P. The molecular weight excluding hydrogens is 631 g/mol. The van der Waals surface area contributed by atoms with Gasteiger partial charge in [-0.1, -0.05) is 39.3 Å². The summed E-state index contributed by atoms with van der Waals surface area (Å²) in [5, 5.41) is 11.5. The zero-order chi connectivity index (χ0) is 31.2. The number of ketones is 2. The van der Waals surface area contributed by atoms with E-state index in [2.05, 4.69) is 0 Å². The quantitative estimate of drug-likeness (QED) is 0.161. The predicted molar refractivity (Wildman–Crippen MR) is 136 cm³/mol. The van der Waals surface area contributed by atoms with Crippen LogP contribution < -0.4 is 103 Å². The third kappa shape index (κ3) is 7.96. The van der Waals surface area contributed by atoms with Crippen LogP contribution in [-0.2, 0) is 33.2 Å². The van der Waals surface area contributed by atoms with E-state index in [0.717, 1.165) is 0 Å². The molecule has 0 aromatic carbocycles. The third-order valence-electron chi connectivity index (χ3n) is 9.81. The molecule has 0 amide bonds. The summed E-state index contributed by atoms with van der Waals surface area (Å²) in [5.41, 5.74) is -5.26. The second-order valence-corrected chi connectivity index (χ2v) is 12.7. The van der Waals surface area contributed by atoms with E-state index in [-0.39, 0.29) is 120 Å². The molecule has 0 aromatic rings. The molecule has 11 nitrogen and oxygen atoms in total. The van der Waals surface area contributed by atoms with Gasteiger partial charge in [0, 0.05) is 35.5 Å². The number of phosphoric acid groups is 1. The van der Waals surface area contributed by atoms with Gasteiger partial charge in [-0.3, -0.25) is 19.2 Å². The molecule has 0 aromatic heterocycles. The average Bonchev–Trinajstić information content (AvgIpc) is 3.09. The Kier molecular flexibility index (Phi) is 16.7. The van der Waals surface area contributed by atoms with Gasteiger partial charge < -0.3 is 33.8 Å². The van der Waals surface area contributed by atoms with Crippen molar-refractivity contribution in [3.05, 3.63) is 23.8 Å². The zero-order valence-corrected chi connectivity index (χ0v) is 33.7. The van der Waals surface area contributed by atoms with Crippen molar-refractivity contribution in [2.24, 2.45) is 28.6 Å². The van der Waals surface area contributed by atoms with Crippen molar-refractivity contribution in [2.75, 3.05) is 6.61 Å². The summed E-state index contributed by atoms with van der Waals surface area (Å²) >= 11 is 0. The smallest absolute Gasteiger partial charge is 0.822 e. The van der Waals surface area contributed by atoms with Crippen LogP contribution in [-0.4, -0.2) is 52.6 Å². The van der Waals surface area contributed by atoms with Crippen LogP contribution in [0.2, 0.25) is 0 Å². The van der Waals surface area contributed by atoms with Gasteiger partial charge in [-0.15, -0.1) is 0 Å². The van der Waals surface area contributed by atoms with Gasteiger partial charge in [0.05, 0.1) is 6.10 Å². The molecule has 4 rings (SSSR count). The monoisotopic (exact) mass is 668 g/mol. The number of Topliss-reactive ketones (excluding diaryl/α,β-unsaturated/α-hetero) is 1. The first-order valence-corrected chi connectivity index (χ1v) is 15.2. The van der Waals surface area contributed by atoms with Crippen LogP contribution in [0, 0.1) is 28.6 Å². The van der Waals surface area contributed by atoms with E-state index in [9.17, 15) is 24.3 Å². The van der Waals surface area contributed by atoms with E-state index < -0.39 is 72.2 Å². The minimum Gasteiger partial charge on any atom is -0.822 e. The Bertz CT molecular complexity index is 1220. The minimum atomic E-state index is -5.39. The Morgan fingerprint density at radius 3 is 2.14 bits per heavy atom. The summed E-state index contributed by atoms with van der Waals surface area (Å²) < 4.78 is 37.1. The van der Waals surface area contributed by atoms with E-state index in [1.54, 1.807) is 33.8 Å². The number of ether oxygens (including phenoxy) is 2. The van der Waals surface area contributed by atoms with E-state index >= 15 is 4.39 Å². The fraction of sp³-hybridized carbons (Fsp3) is 0.714. The Labute approximate surface area is 323 Å². The first-order valence-electron chi connectivity index (χ1n) is 13.8. The first-order chi connectivity index (χ1) is 18.8. The molecule has 16 heteroatoms. The van der Waals surface area contributed by atoms with Crippen LogP contribution in [0.15, 0.2) is 23.8 Å². The molecule has 3 saturated carbocycles. The molecule has 3 fully saturated rings. The van der Waals surface area contributed by atoms with Crippen LogP contribution in [0.3, 0.4) is 0 Å². The number of carbonyl (C=O) groups is 4. The van der Waals surface area contributed by atoms with Gasteiger partial charge in [-0.25, -0.2) is 4.39 Å². The van der Waals surface area contributed by atoms with E-state index in [1.165, 1.54) is 12.2 Å². The van der Waals surface area contributed by atoms with Gasteiger partial charge in [0.25, 0.3) is 0 Å². The van der Waals surface area contributed by atoms with Crippen LogP contribution >= 0.6 is 7.82 Å². The molecule has 4 aliphatic rings. The number of hydrogen-bond acceptors (Lipinski definition) is 11. The number of fused-ring (bicyclic) bond motifs is 5. The number of halogens is 1. The van der Waals surface area contributed by atoms with Crippen LogP contribution in [0.4, 0.5) is 4.39 Å². The summed E-state index contributed by atoms with van der Waals surface area (Å²) in [4.78, 5) is 76.0. The summed E-state index contributed by atoms with van der Waals surface area (Å²) in [7, 11) is -5.39. The van der Waals surface area contributed by atoms with Crippen molar-refractivity contribution in [1.29, 1.82) is 0 Å². The largest absolute Gasteiger partial charge is 1.00 e. The molecule has 1 unspecified atom stereocenters. The van der Waals surface area contributed by atoms with E-state index in [4.69, 9.17) is 28.7 Å². The standard InChI is InChI=1S/C28H37FO7.3Na.H3O4P/c1-6-23(33)35-15-22(32)28(36-24(34)7-2)16(3)12-20-19-9-8-17-13-18(30)10-11-25(17,4)27(19,29)21(31)14-26(20,28)5;;;;1-5(2,3)4/h10-11,13,16,19-21,31H,6-9,12,14-15H2,1-5H3;;;;(H3,1,2,3,4)/q;3*+1;/p-3/t16-,19-,20-,21-,25-,26-,27?,28-;;;;/m0..../s1. The summed E-state index contributed by atoms with van der Waals surface area (Å²) in [6.45, 7) is 8.05. The van der Waals surface area contributed by atoms with Crippen molar-refractivity contribution in [1.82, 2.24) is 0 Å². The number of esters is 2. The Hall–Kier alpha value is 0.760. The number of hydrogen-bond donors (Lipinski definition) is 1. The second-order valence-electron chi connectivity index (χ2n) is 11.8. The maximum atomic E-state index is 17.4. The molecule has 4 aliphatic carbocycles. The van der Waals surface area contributed by atoms with Gasteiger partial charge in [0.15, 0.2) is 23.7 Å². The SMILES string of the molecule is CCC(=O)OCC(=O)[C@@]1(OC(=O)CC)[C@@H](C)C[C@H]2[C@@H]3CCC4=CC(=O)C=C[C@]4(C)C3(F)[C@@H](O)C[C@@]21C.O=P([O-])([O-])[O-].[Na+].[Na+].[Na+]. The van der Waals surface area contributed by atoms with Crippen LogP contribution in [0.1, 0.15) is 73.1 Å². The van der Waals surface area contributed by atoms with Crippen molar-refractivity contribution in [2.45, 2.75) is 90.5 Å². The molecule has 8 atom stereocenters. The molecule has 1 N–H and O–H groups in total. The zero-order valence-electron chi connectivity index (χ0n) is 26.8. The average molecular weight is 669 g/mol. The molecule has 0 spiro atoms. The Morgan fingerprint density at radius 2 is 1.61 bits per heavy atom. The minimum absolute atomic E-state index is 0. The van der Waals surface area contributed by atoms with Crippen LogP contribution in [0.5, 0.6) is 0 Å². The third-order valence-corrected chi connectivity index (χ3v) is 9.81. The van der Waals surface area contributed by atoms with E-state index in [1.807, 2.05) is 6.92 Å². The van der Waals surface area contributed by atoms with Crippen molar-refractivity contribution in [3.63, 3.8) is 0 Å². The molecule has 0 saturated heterocycles. The number of allylic oxidation sites excluding steroid dienone is 4. The first kappa shape index (κ1) is 44.8. The fourth-order valence-electron chi connectivity index (χ4n) is 8.01. The summed E-state index contributed by atoms with van der Waals surface area (Å²) in [6, 6.07) is 0. The molecule has 0 heterocycles. The van der Waals surface area contributed by atoms with Gasteiger partial charge in [-0.2, -0.15) is 7.82 Å². The summed E-state index contributed by atoms with van der Waals surface area (Å²) in [5.74, 6) is -3.31. The topological polar surface area (TPSA) is 193 Å². The number of carbonyl (C=O) groups excluding carboxylic acids is 4. The van der Waals surface area contributed by atoms with Crippen molar-refractivity contribution < 1.29 is 146 Å². The van der Waals surface area contributed by atoms with Gasteiger partial charge in [0.2, 0.25) is 5.78 Å². The van der Waals surface area contributed by atoms with Gasteiger partial charge in [0.1, 0.15) is 0 Å². The van der Waals surface area contributed by atoms with Crippen molar-refractivity contribution >= 4 is 31.3 Å².